The van der Waals surface area contributed by atoms with Crippen LogP contribution in [0.5, 0.6) is 11.5 Å². The van der Waals surface area contributed by atoms with Crippen molar-refractivity contribution in [1.82, 2.24) is 4.98 Å². The molecule has 0 unspecified atom stereocenters. The van der Waals surface area contributed by atoms with Gasteiger partial charge in [-0.1, -0.05) is 58.9 Å². The molecule has 1 aromatic heterocycles. The van der Waals surface area contributed by atoms with Crippen LogP contribution in [-0.4, -0.2) is 25.1 Å². The van der Waals surface area contributed by atoms with Gasteiger partial charge in [-0.3, -0.25) is 4.79 Å². The summed E-state index contributed by atoms with van der Waals surface area (Å²) in [7, 11) is 3.29. The van der Waals surface area contributed by atoms with Gasteiger partial charge in [0.1, 0.15) is 11.5 Å². The minimum Gasteiger partial charge on any atom is -0.497 e. The van der Waals surface area contributed by atoms with Crippen molar-refractivity contribution in [3.8, 4) is 11.5 Å². The first-order valence-corrected chi connectivity index (χ1v) is 11.5. The van der Waals surface area contributed by atoms with E-state index in [0.29, 0.717) is 5.13 Å². The largest absolute Gasteiger partial charge is 0.497 e. The maximum atomic E-state index is 13.5. The second-order valence-corrected chi connectivity index (χ2v) is 10.3. The Morgan fingerprint density at radius 2 is 1.34 bits per heavy atom. The van der Waals surface area contributed by atoms with E-state index in [1.807, 2.05) is 67.8 Å². The number of nitrogens with zero attached hydrogens (tertiary/aromatic N) is 1. The number of ether oxygens (including phenoxy) is 2. The van der Waals surface area contributed by atoms with Crippen LogP contribution in [0, 0.1) is 5.41 Å². The number of methoxy groups -OCH3 is 2. The molecule has 0 atom stereocenters. The number of carbonyl (C=O) groups is 1. The van der Waals surface area contributed by atoms with E-state index in [-0.39, 0.29) is 17.2 Å². The van der Waals surface area contributed by atoms with Gasteiger partial charge in [0.2, 0.25) is 5.91 Å². The fraction of sp³-hybridized carbons (Fsp3) is 0.385. The van der Waals surface area contributed by atoms with Gasteiger partial charge in [0.25, 0.3) is 0 Å². The summed E-state index contributed by atoms with van der Waals surface area (Å²) < 4.78 is 10.6. The summed E-state index contributed by atoms with van der Waals surface area (Å²) in [6.07, 6.45) is 0. The average molecular weight is 453 g/mol. The second kappa shape index (κ2) is 9.33. The number of hydrogen-bond acceptors (Lipinski definition) is 5. The van der Waals surface area contributed by atoms with E-state index in [1.54, 1.807) is 14.2 Å². The lowest BCUT2D eigenvalue weighted by Crippen LogP contribution is -2.37. The van der Waals surface area contributed by atoms with Crippen molar-refractivity contribution in [3.63, 3.8) is 0 Å². The van der Waals surface area contributed by atoms with Gasteiger partial charge in [0, 0.05) is 16.7 Å². The van der Waals surface area contributed by atoms with Crippen LogP contribution in [0.25, 0.3) is 0 Å². The Kier molecular flexibility index (Phi) is 6.94. The molecule has 170 valence electrons. The molecule has 0 saturated carbocycles. The van der Waals surface area contributed by atoms with E-state index in [1.165, 1.54) is 11.3 Å². The predicted octanol–water partition coefficient (Wildman–Crippen LogP) is 6.25. The molecule has 0 spiro atoms. The summed E-state index contributed by atoms with van der Waals surface area (Å²) in [5.41, 5.74) is 2.22. The molecule has 0 aliphatic heterocycles. The molecular formula is C26H32N2O3S. The molecule has 5 nitrogen and oxygen atoms in total. The Morgan fingerprint density at radius 1 is 0.875 bits per heavy atom. The number of thiazole rings is 1. The normalized spacial score (nSPS) is 12.0. The van der Waals surface area contributed by atoms with Crippen LogP contribution in [0.2, 0.25) is 0 Å². The van der Waals surface area contributed by atoms with Crippen LogP contribution in [0.15, 0.2) is 53.9 Å². The van der Waals surface area contributed by atoms with Gasteiger partial charge < -0.3 is 14.8 Å². The zero-order valence-electron chi connectivity index (χ0n) is 19.9. The Balaban J connectivity index is 1.97. The molecule has 3 rings (SSSR count). The number of aromatic nitrogens is 1. The maximum absolute atomic E-state index is 13.5. The van der Waals surface area contributed by atoms with Gasteiger partial charge in [0.05, 0.1) is 25.3 Å². The molecule has 0 bridgehead atoms. The van der Waals surface area contributed by atoms with Crippen molar-refractivity contribution in [2.24, 2.45) is 5.41 Å². The molecule has 32 heavy (non-hydrogen) atoms. The highest BCUT2D eigenvalue weighted by Gasteiger charge is 2.39. The van der Waals surface area contributed by atoms with Gasteiger partial charge in [0.15, 0.2) is 5.13 Å². The molecule has 1 heterocycles. The summed E-state index contributed by atoms with van der Waals surface area (Å²) in [6.45, 7) is 10.3. The van der Waals surface area contributed by atoms with Crippen LogP contribution in [0.1, 0.15) is 57.4 Å². The fourth-order valence-electron chi connectivity index (χ4n) is 3.68. The van der Waals surface area contributed by atoms with E-state index in [4.69, 9.17) is 9.47 Å². The fourth-order valence-corrected chi connectivity index (χ4v) is 4.62. The molecule has 6 heteroatoms. The number of benzene rings is 2. The molecule has 0 saturated heterocycles. The molecule has 0 radical (unpaired) electrons. The zero-order valence-corrected chi connectivity index (χ0v) is 20.7. The average Bonchev–Trinajstić information content (AvgIpc) is 3.24. The molecular weight excluding hydrogens is 420 g/mol. The van der Waals surface area contributed by atoms with E-state index in [9.17, 15) is 4.79 Å². The first-order chi connectivity index (χ1) is 15.1. The lowest BCUT2D eigenvalue weighted by Gasteiger charge is -2.34. The van der Waals surface area contributed by atoms with Crippen molar-refractivity contribution in [2.45, 2.75) is 46.0 Å². The third-order valence-corrected chi connectivity index (χ3v) is 6.46. The van der Waals surface area contributed by atoms with Gasteiger partial charge in [-0.15, -0.1) is 11.3 Å². The van der Waals surface area contributed by atoms with Gasteiger partial charge in [-0.25, -0.2) is 4.98 Å². The maximum Gasteiger partial charge on any atom is 0.232 e. The summed E-state index contributed by atoms with van der Waals surface area (Å²) in [6, 6.07) is 15.8. The molecule has 0 fully saturated rings. The quantitative estimate of drug-likeness (QED) is 0.460. The molecule has 1 amide bonds. The smallest absolute Gasteiger partial charge is 0.232 e. The minimum atomic E-state index is -0.753. The van der Waals surface area contributed by atoms with Crippen molar-refractivity contribution in [1.29, 1.82) is 0 Å². The highest BCUT2D eigenvalue weighted by atomic mass is 32.1. The number of amides is 1. The number of anilines is 1. The summed E-state index contributed by atoms with van der Waals surface area (Å²) >= 11 is 1.46. The molecule has 0 aliphatic carbocycles. The van der Waals surface area contributed by atoms with Gasteiger partial charge in [-0.05, 0) is 35.4 Å². The van der Waals surface area contributed by atoms with Crippen LogP contribution in [-0.2, 0) is 10.2 Å². The number of rotatable bonds is 7. The monoisotopic (exact) mass is 452 g/mol. The van der Waals surface area contributed by atoms with Gasteiger partial charge in [-0.2, -0.15) is 0 Å². The Morgan fingerprint density at radius 3 is 1.72 bits per heavy atom. The van der Waals surface area contributed by atoms with Crippen molar-refractivity contribution in [2.75, 3.05) is 19.5 Å². The van der Waals surface area contributed by atoms with E-state index in [0.717, 1.165) is 28.3 Å². The lowest BCUT2D eigenvalue weighted by molar-refractivity contribution is -0.124. The third kappa shape index (κ3) is 5.13. The zero-order chi connectivity index (χ0) is 23.5. The topological polar surface area (TPSA) is 60.5 Å². The van der Waals surface area contributed by atoms with E-state index in [2.05, 4.69) is 31.1 Å². The first kappa shape index (κ1) is 23.8. The molecule has 0 aliphatic rings. The standard InChI is InChI=1S/C26H32N2O3S/c1-25(2,3)21-16-32-24(27-21)28-23(29)26(4,5)22(17-8-12-19(30-6)13-9-17)18-10-14-20(31-7)15-11-18/h8-16,22H,1-7H3,(H,27,28,29). The van der Waals surface area contributed by atoms with Crippen LogP contribution >= 0.6 is 11.3 Å². The Labute approximate surface area is 194 Å². The van der Waals surface area contributed by atoms with Crippen LogP contribution in [0.3, 0.4) is 0 Å². The number of nitrogens with one attached hydrogen (secondary N) is 1. The Hall–Kier alpha value is -2.86. The highest BCUT2D eigenvalue weighted by molar-refractivity contribution is 7.14. The van der Waals surface area contributed by atoms with Crippen molar-refractivity contribution < 1.29 is 14.3 Å². The van der Waals surface area contributed by atoms with E-state index >= 15 is 0 Å². The second-order valence-electron chi connectivity index (χ2n) is 9.44. The predicted molar refractivity (Wildman–Crippen MR) is 131 cm³/mol. The minimum absolute atomic E-state index is 0.0658. The lowest BCUT2D eigenvalue weighted by atomic mass is 9.70. The van der Waals surface area contributed by atoms with Crippen molar-refractivity contribution >= 4 is 22.4 Å². The van der Waals surface area contributed by atoms with Crippen molar-refractivity contribution in [3.05, 3.63) is 70.7 Å². The molecule has 2 aromatic carbocycles. The Bertz CT molecular complexity index is 1000. The van der Waals surface area contributed by atoms with Crippen LogP contribution in [0.4, 0.5) is 5.13 Å². The summed E-state index contributed by atoms with van der Waals surface area (Å²) in [5.74, 6) is 1.30. The van der Waals surface area contributed by atoms with Gasteiger partial charge >= 0.3 is 0 Å². The summed E-state index contributed by atoms with van der Waals surface area (Å²) in [4.78, 5) is 18.2. The van der Waals surface area contributed by atoms with E-state index < -0.39 is 5.41 Å². The third-order valence-electron chi connectivity index (χ3n) is 5.70. The van der Waals surface area contributed by atoms with Crippen LogP contribution < -0.4 is 14.8 Å². The number of carbonyl (C=O) groups excluding carboxylic acids is 1. The molecule has 3 aromatic rings. The molecule has 1 N–H and O–H groups in total. The SMILES string of the molecule is COc1ccc(C(c2ccc(OC)cc2)C(C)(C)C(=O)Nc2nc(C(C)(C)C)cs2)cc1. The highest BCUT2D eigenvalue weighted by Crippen LogP contribution is 2.43. The first-order valence-electron chi connectivity index (χ1n) is 10.6. The number of hydrogen-bond donors (Lipinski definition) is 1. The summed E-state index contributed by atoms with van der Waals surface area (Å²) in [5, 5.41) is 5.69.